The van der Waals surface area contributed by atoms with Crippen LogP contribution in [0.5, 0.6) is 0 Å². The fraction of sp³-hybridized carbons (Fsp3) is 0.214. The van der Waals surface area contributed by atoms with Gasteiger partial charge in [-0.1, -0.05) is 12.1 Å². The minimum absolute atomic E-state index is 0.0504. The first-order valence-electron chi connectivity index (χ1n) is 5.99. The number of hydrogen-bond donors (Lipinski definition) is 1. The average molecular weight is 257 g/mol. The van der Waals surface area contributed by atoms with Crippen LogP contribution in [0.25, 0.3) is 10.2 Å². The summed E-state index contributed by atoms with van der Waals surface area (Å²) in [5.74, 6) is 0. The van der Waals surface area contributed by atoms with Gasteiger partial charge in [-0.2, -0.15) is 0 Å². The van der Waals surface area contributed by atoms with Crippen LogP contribution in [0, 0.1) is 0 Å². The van der Waals surface area contributed by atoms with Gasteiger partial charge in [0.15, 0.2) is 0 Å². The molecule has 1 atom stereocenters. The number of nitrogens with zero attached hydrogens (tertiary/aromatic N) is 2. The molecular weight excluding hydrogens is 242 g/mol. The first-order valence-corrected chi connectivity index (χ1v) is 6.81. The van der Waals surface area contributed by atoms with Crippen LogP contribution in [-0.2, 0) is 6.54 Å². The molecule has 1 aromatic carbocycles. The zero-order valence-corrected chi connectivity index (χ0v) is 11.0. The topological polar surface area (TPSA) is 43.8 Å². The molecule has 18 heavy (non-hydrogen) atoms. The molecule has 0 aliphatic heterocycles. The predicted octanol–water partition coefficient (Wildman–Crippen LogP) is 3.17. The van der Waals surface area contributed by atoms with Crippen LogP contribution < -0.4 is 5.73 Å². The summed E-state index contributed by atoms with van der Waals surface area (Å²) in [6, 6.07) is 12.4. The number of hydrogen-bond acceptors (Lipinski definition) is 3. The highest BCUT2D eigenvalue weighted by molar-refractivity contribution is 7.18. The van der Waals surface area contributed by atoms with E-state index < -0.39 is 0 Å². The van der Waals surface area contributed by atoms with Crippen molar-refractivity contribution in [2.75, 3.05) is 0 Å². The van der Waals surface area contributed by atoms with Crippen LogP contribution in [0.3, 0.4) is 0 Å². The van der Waals surface area contributed by atoms with Crippen LogP contribution in [-0.4, -0.2) is 9.55 Å². The molecule has 0 saturated heterocycles. The lowest BCUT2D eigenvalue weighted by Gasteiger charge is -2.10. The van der Waals surface area contributed by atoms with Crippen molar-refractivity contribution in [2.45, 2.75) is 19.5 Å². The summed E-state index contributed by atoms with van der Waals surface area (Å²) in [5.41, 5.74) is 8.17. The molecule has 92 valence electrons. The SMILES string of the molecule is CC(N)c1cccn1Cc1nc2ccccc2s1. The van der Waals surface area contributed by atoms with Crippen LogP contribution in [0.4, 0.5) is 0 Å². The van der Waals surface area contributed by atoms with E-state index in [0.29, 0.717) is 0 Å². The maximum absolute atomic E-state index is 5.95. The van der Waals surface area contributed by atoms with Gasteiger partial charge in [-0.05, 0) is 31.2 Å². The lowest BCUT2D eigenvalue weighted by Crippen LogP contribution is -2.12. The fourth-order valence-corrected chi connectivity index (χ4v) is 3.08. The molecular formula is C14H15N3S. The van der Waals surface area contributed by atoms with E-state index in [0.717, 1.165) is 22.8 Å². The fourth-order valence-electron chi connectivity index (χ4n) is 2.12. The monoisotopic (exact) mass is 257 g/mol. The Hall–Kier alpha value is -1.65. The molecule has 0 aliphatic rings. The largest absolute Gasteiger partial charge is 0.343 e. The second-order valence-electron chi connectivity index (χ2n) is 4.42. The van der Waals surface area contributed by atoms with Crippen LogP contribution in [0.1, 0.15) is 23.7 Å². The number of benzene rings is 1. The molecule has 2 N–H and O–H groups in total. The molecule has 3 rings (SSSR count). The molecule has 1 unspecified atom stereocenters. The Morgan fingerprint density at radius 3 is 2.89 bits per heavy atom. The van der Waals surface area contributed by atoms with Gasteiger partial charge in [0.2, 0.25) is 0 Å². The number of fused-ring (bicyclic) bond motifs is 1. The van der Waals surface area contributed by atoms with Crippen molar-refractivity contribution in [3.8, 4) is 0 Å². The van der Waals surface area contributed by atoms with E-state index in [1.807, 2.05) is 25.1 Å². The smallest absolute Gasteiger partial charge is 0.114 e. The molecule has 0 amide bonds. The molecule has 0 radical (unpaired) electrons. The highest BCUT2D eigenvalue weighted by atomic mass is 32.1. The normalized spacial score (nSPS) is 13.0. The van der Waals surface area contributed by atoms with Gasteiger partial charge in [-0.25, -0.2) is 4.98 Å². The Morgan fingerprint density at radius 2 is 2.11 bits per heavy atom. The number of aromatic nitrogens is 2. The van der Waals surface area contributed by atoms with Crippen molar-refractivity contribution < 1.29 is 0 Å². The standard InChI is InChI=1S/C14H15N3S/c1-10(15)12-6-4-8-17(12)9-14-16-11-5-2-3-7-13(11)18-14/h2-8,10H,9,15H2,1H3. The molecule has 0 spiro atoms. The van der Waals surface area contributed by atoms with Gasteiger partial charge in [0, 0.05) is 17.9 Å². The van der Waals surface area contributed by atoms with Crippen molar-refractivity contribution in [3.63, 3.8) is 0 Å². The van der Waals surface area contributed by atoms with Crippen LogP contribution in [0.2, 0.25) is 0 Å². The maximum atomic E-state index is 5.95. The van der Waals surface area contributed by atoms with Crippen molar-refractivity contribution in [3.05, 3.63) is 53.3 Å². The second-order valence-corrected chi connectivity index (χ2v) is 5.54. The summed E-state index contributed by atoms with van der Waals surface area (Å²) in [4.78, 5) is 4.64. The molecule has 0 aliphatic carbocycles. The van der Waals surface area contributed by atoms with Crippen molar-refractivity contribution in [2.24, 2.45) is 5.73 Å². The zero-order chi connectivity index (χ0) is 12.5. The molecule has 0 saturated carbocycles. The molecule has 0 fully saturated rings. The predicted molar refractivity (Wildman–Crippen MR) is 75.8 cm³/mol. The van der Waals surface area contributed by atoms with E-state index in [4.69, 9.17) is 5.73 Å². The molecule has 2 aromatic heterocycles. The van der Waals surface area contributed by atoms with Gasteiger partial charge in [0.25, 0.3) is 0 Å². The number of rotatable bonds is 3. The van der Waals surface area contributed by atoms with Gasteiger partial charge in [-0.3, -0.25) is 0 Å². The zero-order valence-electron chi connectivity index (χ0n) is 10.2. The van der Waals surface area contributed by atoms with E-state index in [9.17, 15) is 0 Å². The second kappa shape index (κ2) is 4.55. The summed E-state index contributed by atoms with van der Waals surface area (Å²) in [7, 11) is 0. The van der Waals surface area contributed by atoms with Crippen molar-refractivity contribution >= 4 is 21.6 Å². The first-order chi connectivity index (χ1) is 8.74. The highest BCUT2D eigenvalue weighted by Crippen LogP contribution is 2.23. The quantitative estimate of drug-likeness (QED) is 0.783. The minimum Gasteiger partial charge on any atom is -0.343 e. The Morgan fingerprint density at radius 1 is 1.28 bits per heavy atom. The molecule has 3 aromatic rings. The van der Waals surface area contributed by atoms with Gasteiger partial charge in [-0.15, -0.1) is 11.3 Å². The molecule has 2 heterocycles. The third kappa shape index (κ3) is 2.05. The number of para-hydroxylation sites is 1. The third-order valence-corrected chi connectivity index (χ3v) is 4.00. The van der Waals surface area contributed by atoms with E-state index >= 15 is 0 Å². The van der Waals surface area contributed by atoms with Crippen LogP contribution >= 0.6 is 11.3 Å². The first kappa shape index (κ1) is 11.4. The summed E-state index contributed by atoms with van der Waals surface area (Å²) >= 11 is 1.74. The molecule has 0 bridgehead atoms. The minimum atomic E-state index is 0.0504. The van der Waals surface area contributed by atoms with E-state index in [-0.39, 0.29) is 6.04 Å². The number of thiazole rings is 1. The number of nitrogens with two attached hydrogens (primary N) is 1. The average Bonchev–Trinajstić information content (AvgIpc) is 2.94. The van der Waals surface area contributed by atoms with E-state index in [2.05, 4.69) is 33.9 Å². The van der Waals surface area contributed by atoms with E-state index in [1.54, 1.807) is 11.3 Å². The summed E-state index contributed by atoms with van der Waals surface area (Å²) in [6.07, 6.45) is 2.06. The summed E-state index contributed by atoms with van der Waals surface area (Å²) < 4.78 is 3.41. The lowest BCUT2D eigenvalue weighted by atomic mass is 10.2. The van der Waals surface area contributed by atoms with Gasteiger partial charge in [0.05, 0.1) is 16.8 Å². The van der Waals surface area contributed by atoms with Crippen LogP contribution in [0.15, 0.2) is 42.6 Å². The maximum Gasteiger partial charge on any atom is 0.114 e. The lowest BCUT2D eigenvalue weighted by molar-refractivity contribution is 0.674. The molecule has 3 nitrogen and oxygen atoms in total. The Balaban J connectivity index is 1.94. The van der Waals surface area contributed by atoms with Crippen molar-refractivity contribution in [1.82, 2.24) is 9.55 Å². The molecule has 4 heteroatoms. The Bertz CT molecular complexity index is 633. The summed E-state index contributed by atoms with van der Waals surface area (Å²) in [6.45, 7) is 2.80. The van der Waals surface area contributed by atoms with Gasteiger partial charge in [0.1, 0.15) is 5.01 Å². The van der Waals surface area contributed by atoms with E-state index in [1.165, 1.54) is 4.70 Å². The van der Waals surface area contributed by atoms with Gasteiger partial charge >= 0.3 is 0 Å². The van der Waals surface area contributed by atoms with Crippen molar-refractivity contribution in [1.29, 1.82) is 0 Å². The van der Waals surface area contributed by atoms with Gasteiger partial charge < -0.3 is 10.3 Å². The summed E-state index contributed by atoms with van der Waals surface area (Å²) in [5, 5.41) is 1.12. The third-order valence-electron chi connectivity index (χ3n) is 2.97. The highest BCUT2D eigenvalue weighted by Gasteiger charge is 2.08. The Labute approximate surface area is 110 Å². The Kier molecular flexibility index (Phi) is 2.89.